The Morgan fingerprint density at radius 3 is 0.769 bits per heavy atom. The van der Waals surface area contributed by atoms with Gasteiger partial charge in [-0.15, -0.1) is 6.10 Å². The summed E-state index contributed by atoms with van der Waals surface area (Å²) in [4.78, 5) is 34.7. The van der Waals surface area contributed by atoms with Crippen molar-refractivity contribution in [3.63, 3.8) is 0 Å². The molecular formula is C75H68F6Mn2N10O9S2. The number of carboxylic acids is 1. The zero-order chi connectivity index (χ0) is 73.5. The van der Waals surface area contributed by atoms with Crippen molar-refractivity contribution in [3.8, 4) is 0 Å². The number of fused-ring (bicyclic) bond motifs is 4. The molecule has 0 aliphatic heterocycles. The molecule has 4 aromatic heterocycles. The van der Waals surface area contributed by atoms with Crippen molar-refractivity contribution in [1.82, 2.24) is 48.0 Å². The largest absolute Gasteiger partial charge is 2.00 e. The fourth-order valence-corrected chi connectivity index (χ4v) is 11.3. The minimum absolute atomic E-state index is 0. The first-order valence-electron chi connectivity index (χ1n) is 31.5. The number of nitrogens with zero attached hydrogens (tertiary/aromatic N) is 10. The Labute approximate surface area is 617 Å². The van der Waals surface area contributed by atoms with Gasteiger partial charge in [-0.1, -0.05) is 196 Å². The van der Waals surface area contributed by atoms with Crippen LogP contribution in [-0.4, -0.2) is 110 Å². The van der Waals surface area contributed by atoms with E-state index in [2.05, 4.69) is 224 Å². The van der Waals surface area contributed by atoms with E-state index >= 15 is 5.11 Å². The Bertz CT molecular complexity index is 4580. The number of carbonyl (C=O) groups is 1. The van der Waals surface area contributed by atoms with E-state index in [-0.39, 0.29) is 47.2 Å². The Kier molecular flexibility index (Phi) is 28.4. The van der Waals surface area contributed by atoms with Crippen LogP contribution in [0.2, 0.25) is 0 Å². The van der Waals surface area contributed by atoms with Crippen molar-refractivity contribution in [2.75, 3.05) is 13.1 Å². The molecule has 0 bridgehead atoms. The van der Waals surface area contributed by atoms with E-state index in [0.29, 0.717) is 52.4 Å². The molecule has 0 atom stereocenters. The summed E-state index contributed by atoms with van der Waals surface area (Å²) in [5, 5.41) is 24.6. The average molecular weight is 1540 g/mol. The van der Waals surface area contributed by atoms with Crippen molar-refractivity contribution in [2.24, 2.45) is 0 Å². The fourth-order valence-electron chi connectivity index (χ4n) is 11.3. The normalized spacial score (nSPS) is 11.7. The number of aliphatic carboxylic acids is 1. The molecule has 4 heterocycles. The molecule has 8 aromatic carbocycles. The maximum atomic E-state index is 15.7. The standard InChI is InChI=1S/C71H65N10O.C2H4O2.2CHF3O3S.2Mn/c1-5-51-25-33-55(34-26-51)41-78-64-21-13-9-17-60(64)72-68(78)47-76(48-69-73-61-18-10-14-22-65(61)79(69)42-56-35-27-52(6-2)28-36-56)45-59(82)46-77(49-70-74-62-19-11-15-23-66(62)80(70)43-57-37-29-53(7-3)30-38-57)50-71-75-63-20-12-16-24-67(63)81(71)44-58-39-31-54(8-4)32-40-58;1-2(3)4;2*2-1(3,4)8(5,6)7;;/h5-40,59H,1-4,41-50H2;1H3,(H,3,4);2*(H,5,6,7);;/q-1;;;;2*+2/p-3. The van der Waals surface area contributed by atoms with Crippen LogP contribution < -0.4 is 10.2 Å². The van der Waals surface area contributed by atoms with Gasteiger partial charge in [-0.25, -0.2) is 36.8 Å². The summed E-state index contributed by atoms with van der Waals surface area (Å²) in [5.74, 6) is 2.38. The molecule has 12 aromatic rings. The van der Waals surface area contributed by atoms with Crippen LogP contribution >= 0.6 is 0 Å². The summed E-state index contributed by atoms with van der Waals surface area (Å²) in [6, 6.07) is 67.2. The molecule has 104 heavy (non-hydrogen) atoms. The number of hydrogen-bond donors (Lipinski definition) is 0. The van der Waals surface area contributed by atoms with Crippen LogP contribution in [0.4, 0.5) is 26.3 Å². The number of aromatic nitrogens is 8. The maximum absolute atomic E-state index is 15.7. The van der Waals surface area contributed by atoms with E-state index in [0.717, 1.165) is 119 Å². The summed E-state index contributed by atoms with van der Waals surface area (Å²) >= 11 is 0. The summed E-state index contributed by atoms with van der Waals surface area (Å²) in [6.45, 7) is 21.3. The van der Waals surface area contributed by atoms with Crippen LogP contribution in [0, 0.1) is 0 Å². The molecule has 0 aliphatic rings. The van der Waals surface area contributed by atoms with Gasteiger partial charge in [-0.3, -0.25) is 9.80 Å². The van der Waals surface area contributed by atoms with Gasteiger partial charge in [0.1, 0.15) is 23.3 Å². The molecular weight excluding hydrogens is 1470 g/mol. The zero-order valence-corrected chi connectivity index (χ0v) is 59.7. The van der Waals surface area contributed by atoms with Gasteiger partial charge < -0.3 is 42.4 Å². The fraction of sp³-hybridized carbons (Fsp3) is 0.187. The van der Waals surface area contributed by atoms with E-state index in [1.807, 2.05) is 48.6 Å². The molecule has 540 valence electrons. The number of alkyl halides is 6. The number of para-hydroxylation sites is 8. The monoisotopic (exact) mass is 1540 g/mol. The van der Waals surface area contributed by atoms with Gasteiger partial charge in [-0.2, -0.15) is 26.3 Å². The maximum Gasteiger partial charge on any atom is 2.00 e. The van der Waals surface area contributed by atoms with Gasteiger partial charge in [0.05, 0.1) is 70.3 Å². The third-order valence-corrected chi connectivity index (χ3v) is 17.2. The zero-order valence-electron chi connectivity index (χ0n) is 55.7. The molecule has 2 radical (unpaired) electrons. The average Bonchev–Trinajstić information content (AvgIpc) is 1.64. The smallest absolute Gasteiger partial charge is 0.850 e. The number of benzene rings is 8. The number of imidazole rings is 4. The molecule has 0 saturated heterocycles. The van der Waals surface area contributed by atoms with Gasteiger partial charge in [0.25, 0.3) is 0 Å². The molecule has 0 spiro atoms. The Hall–Kier alpha value is -9.61. The Balaban J connectivity index is 0.000000605. The predicted molar refractivity (Wildman–Crippen MR) is 376 cm³/mol. The van der Waals surface area contributed by atoms with E-state index in [1.54, 1.807) is 0 Å². The molecule has 29 heteroatoms. The summed E-state index contributed by atoms with van der Waals surface area (Å²) in [7, 11) is -12.2. The van der Waals surface area contributed by atoms with E-state index in [4.69, 9.17) is 55.8 Å². The summed E-state index contributed by atoms with van der Waals surface area (Å²) < 4.78 is 127. The molecule has 0 saturated carbocycles. The molecule has 0 fully saturated rings. The van der Waals surface area contributed by atoms with Crippen LogP contribution in [0.1, 0.15) is 74.7 Å². The van der Waals surface area contributed by atoms with E-state index in [9.17, 15) is 26.3 Å². The first-order chi connectivity index (χ1) is 48.5. The topological polar surface area (TPSA) is 255 Å². The quantitative estimate of drug-likeness (QED) is 0.0236. The molecule has 12 rings (SSSR count). The summed E-state index contributed by atoms with van der Waals surface area (Å²) in [5.41, 5.74) is 5.26. The van der Waals surface area contributed by atoms with Gasteiger partial charge in [-0.05, 0) is 113 Å². The second kappa shape index (κ2) is 36.2. The number of hydrogen-bond acceptors (Lipinski definition) is 15. The van der Waals surface area contributed by atoms with Crippen molar-refractivity contribution in [2.45, 2.75) is 76.4 Å². The number of carboxylic acid groups (broad SMARTS) is 1. The first-order valence-corrected chi connectivity index (χ1v) is 34.3. The number of rotatable bonds is 24. The molecule has 19 nitrogen and oxygen atoms in total. The van der Waals surface area contributed by atoms with Crippen molar-refractivity contribution < 1.29 is 101 Å². The SMILES string of the molecule is C=Cc1ccc(Cn2c(CN(Cc3nc4ccccc4n3Cc3ccc(C=C)cc3)CC([O-])CN(Cc3nc4ccccc4n3Cc3ccc(C=C)cc3)Cc3nc4ccccc4n3Cc3ccc(C=C)cc3)nc3ccccc32)cc1.CC(=O)[O-].O=S(=O)([O-])C(F)(F)F.O=S(=O)([O-])C(F)(F)F.[Mn+2].[Mn+2]. The molecule has 0 N–H and O–H groups in total. The van der Waals surface area contributed by atoms with Gasteiger partial charge in [0.15, 0.2) is 20.2 Å². The van der Waals surface area contributed by atoms with Crippen molar-refractivity contribution in [3.05, 3.63) is 288 Å². The Morgan fingerprint density at radius 2 is 0.596 bits per heavy atom. The van der Waals surface area contributed by atoms with E-state index in [1.165, 1.54) is 0 Å². The molecule has 0 aliphatic carbocycles. The van der Waals surface area contributed by atoms with E-state index < -0.39 is 43.3 Å². The minimum Gasteiger partial charge on any atom is -0.850 e. The van der Waals surface area contributed by atoms with Crippen LogP contribution in [0.3, 0.4) is 0 Å². The summed E-state index contributed by atoms with van der Waals surface area (Å²) in [6.07, 6.45) is 6.36. The minimum atomic E-state index is -6.09. The second-order valence-electron chi connectivity index (χ2n) is 23.4. The second-order valence-corrected chi connectivity index (χ2v) is 26.2. The number of carbonyl (C=O) groups excluding carboxylic acids is 1. The van der Waals surface area contributed by atoms with Gasteiger partial charge >= 0.3 is 45.2 Å². The predicted octanol–water partition coefficient (Wildman–Crippen LogP) is 12.1. The van der Waals surface area contributed by atoms with Crippen LogP contribution in [0.15, 0.2) is 220 Å². The molecule has 0 amide bonds. The third-order valence-electron chi connectivity index (χ3n) is 16.1. The van der Waals surface area contributed by atoms with Gasteiger partial charge in [0.2, 0.25) is 0 Å². The number of halogens is 6. The van der Waals surface area contributed by atoms with Crippen LogP contribution in [0.5, 0.6) is 0 Å². The first kappa shape index (κ1) is 81.7. The van der Waals surface area contributed by atoms with Crippen LogP contribution in [-0.2, 0) is 112 Å². The molecule has 0 unspecified atom stereocenters. The van der Waals surface area contributed by atoms with Crippen molar-refractivity contribution >= 4 is 94.6 Å². The van der Waals surface area contributed by atoms with Crippen molar-refractivity contribution in [1.29, 1.82) is 0 Å². The van der Waals surface area contributed by atoms with Gasteiger partial charge in [0, 0.05) is 32.1 Å². The third kappa shape index (κ3) is 21.7. The van der Waals surface area contributed by atoms with Crippen LogP contribution in [0.25, 0.3) is 68.4 Å². The Morgan fingerprint density at radius 1 is 0.413 bits per heavy atom.